The molecule has 1 heterocycles. The van der Waals surface area contributed by atoms with Gasteiger partial charge in [0.15, 0.2) is 0 Å². The van der Waals surface area contributed by atoms with E-state index in [0.717, 1.165) is 11.3 Å². The Hall–Kier alpha value is -2.99. The smallest absolute Gasteiger partial charge is 0.257 e. The van der Waals surface area contributed by atoms with E-state index in [2.05, 4.69) is 30.3 Å². The van der Waals surface area contributed by atoms with Gasteiger partial charge in [0.1, 0.15) is 5.75 Å². The van der Waals surface area contributed by atoms with Gasteiger partial charge in [-0.2, -0.15) is 0 Å². The predicted octanol–water partition coefficient (Wildman–Crippen LogP) is 4.32. The molecule has 5 nitrogen and oxygen atoms in total. The second kappa shape index (κ2) is 9.88. The van der Waals surface area contributed by atoms with Crippen molar-refractivity contribution in [3.05, 3.63) is 72.3 Å². The number of ether oxygens (including phenoxy) is 1. The van der Waals surface area contributed by atoms with Gasteiger partial charge in [-0.3, -0.25) is 9.59 Å². The van der Waals surface area contributed by atoms with E-state index < -0.39 is 0 Å². The minimum Gasteiger partial charge on any atom is -0.496 e. The molecule has 3 aromatic rings. The number of hydrogen-bond acceptors (Lipinski definition) is 4. The molecule has 1 aliphatic rings. The maximum atomic E-state index is 13.0. The highest BCUT2D eigenvalue weighted by molar-refractivity contribution is 8.00. The van der Waals surface area contributed by atoms with E-state index in [1.165, 1.54) is 10.8 Å². The number of fused-ring (bicyclic) bond motifs is 1. The fourth-order valence-electron chi connectivity index (χ4n) is 3.86. The topological polar surface area (TPSA) is 49.9 Å². The standard InChI is InChI=1S/C25H26N2O3S/c1-30-23-10-5-4-9-22(23)25(29)27-14-6-13-26(15-16-27)24(28)18-31-21-12-11-19-7-2-3-8-20(19)17-21/h2-5,7-12,17H,6,13-16,18H2,1H3. The van der Waals surface area contributed by atoms with Gasteiger partial charge in [-0.05, 0) is 41.5 Å². The normalized spacial score (nSPS) is 14.4. The highest BCUT2D eigenvalue weighted by Crippen LogP contribution is 2.24. The SMILES string of the molecule is COc1ccccc1C(=O)N1CCCN(C(=O)CSc2ccc3ccccc3c2)CC1. The van der Waals surface area contributed by atoms with Crippen molar-refractivity contribution in [3.63, 3.8) is 0 Å². The third-order valence-electron chi connectivity index (χ3n) is 5.56. The van der Waals surface area contributed by atoms with Crippen molar-refractivity contribution < 1.29 is 14.3 Å². The maximum Gasteiger partial charge on any atom is 0.257 e. The van der Waals surface area contributed by atoms with Crippen LogP contribution < -0.4 is 4.74 Å². The lowest BCUT2D eigenvalue weighted by Crippen LogP contribution is -2.38. The molecule has 0 spiro atoms. The average Bonchev–Trinajstić information content (AvgIpc) is 3.08. The molecule has 31 heavy (non-hydrogen) atoms. The first-order valence-electron chi connectivity index (χ1n) is 10.5. The summed E-state index contributed by atoms with van der Waals surface area (Å²) in [5.41, 5.74) is 0.566. The number of methoxy groups -OCH3 is 1. The summed E-state index contributed by atoms with van der Waals surface area (Å²) in [6.45, 7) is 2.40. The molecule has 1 saturated heterocycles. The quantitative estimate of drug-likeness (QED) is 0.562. The second-order valence-electron chi connectivity index (χ2n) is 7.52. The van der Waals surface area contributed by atoms with E-state index in [1.807, 2.05) is 34.1 Å². The van der Waals surface area contributed by atoms with Gasteiger partial charge in [0.2, 0.25) is 5.91 Å². The predicted molar refractivity (Wildman–Crippen MR) is 125 cm³/mol. The van der Waals surface area contributed by atoms with Crippen LogP contribution in [-0.4, -0.2) is 60.7 Å². The van der Waals surface area contributed by atoms with Crippen molar-refractivity contribution in [3.8, 4) is 5.75 Å². The van der Waals surface area contributed by atoms with Gasteiger partial charge in [-0.1, -0.05) is 42.5 Å². The highest BCUT2D eigenvalue weighted by atomic mass is 32.2. The number of amides is 2. The Balaban J connectivity index is 1.34. The van der Waals surface area contributed by atoms with Gasteiger partial charge < -0.3 is 14.5 Å². The number of carbonyl (C=O) groups excluding carboxylic acids is 2. The third-order valence-corrected chi connectivity index (χ3v) is 6.53. The van der Waals surface area contributed by atoms with Crippen LogP contribution in [0.25, 0.3) is 10.8 Å². The van der Waals surface area contributed by atoms with Crippen LogP contribution in [0.15, 0.2) is 71.6 Å². The first kappa shape index (κ1) is 21.2. The van der Waals surface area contributed by atoms with Crippen molar-refractivity contribution in [2.24, 2.45) is 0 Å². The first-order valence-corrected chi connectivity index (χ1v) is 11.5. The minimum absolute atomic E-state index is 0.0442. The van der Waals surface area contributed by atoms with Crippen LogP contribution in [0.2, 0.25) is 0 Å². The Labute approximate surface area is 187 Å². The van der Waals surface area contributed by atoms with Gasteiger partial charge in [-0.15, -0.1) is 11.8 Å². The number of para-hydroxylation sites is 1. The molecular formula is C25H26N2O3S. The number of thioether (sulfide) groups is 1. The van der Waals surface area contributed by atoms with Crippen LogP contribution in [-0.2, 0) is 4.79 Å². The molecule has 0 aliphatic carbocycles. The van der Waals surface area contributed by atoms with Gasteiger partial charge in [-0.25, -0.2) is 0 Å². The molecule has 0 unspecified atom stereocenters. The number of nitrogens with zero attached hydrogens (tertiary/aromatic N) is 2. The summed E-state index contributed by atoms with van der Waals surface area (Å²) in [6, 6.07) is 21.8. The summed E-state index contributed by atoms with van der Waals surface area (Å²) < 4.78 is 5.33. The molecule has 0 atom stereocenters. The van der Waals surface area contributed by atoms with E-state index in [4.69, 9.17) is 4.74 Å². The lowest BCUT2D eigenvalue weighted by atomic mass is 10.1. The van der Waals surface area contributed by atoms with E-state index in [0.29, 0.717) is 43.2 Å². The molecule has 3 aromatic carbocycles. The molecule has 0 bridgehead atoms. The van der Waals surface area contributed by atoms with Gasteiger partial charge in [0.25, 0.3) is 5.91 Å². The summed E-state index contributed by atoms with van der Waals surface area (Å²) in [4.78, 5) is 30.6. The molecule has 0 radical (unpaired) electrons. The molecule has 2 amide bonds. The monoisotopic (exact) mass is 434 g/mol. The number of benzene rings is 3. The van der Waals surface area contributed by atoms with Crippen molar-refractivity contribution in [2.45, 2.75) is 11.3 Å². The number of rotatable bonds is 5. The molecular weight excluding hydrogens is 408 g/mol. The molecule has 0 saturated carbocycles. The van der Waals surface area contributed by atoms with Crippen LogP contribution in [0, 0.1) is 0 Å². The van der Waals surface area contributed by atoms with Crippen LogP contribution in [0.5, 0.6) is 5.75 Å². The third kappa shape index (κ3) is 5.02. The van der Waals surface area contributed by atoms with Crippen molar-refractivity contribution in [1.82, 2.24) is 9.80 Å². The average molecular weight is 435 g/mol. The Kier molecular flexibility index (Phi) is 6.77. The number of carbonyl (C=O) groups is 2. The van der Waals surface area contributed by atoms with E-state index in [9.17, 15) is 9.59 Å². The summed E-state index contributed by atoms with van der Waals surface area (Å²) in [5, 5.41) is 2.38. The zero-order valence-corrected chi connectivity index (χ0v) is 18.4. The highest BCUT2D eigenvalue weighted by Gasteiger charge is 2.24. The fourth-order valence-corrected chi connectivity index (χ4v) is 4.70. The van der Waals surface area contributed by atoms with Crippen LogP contribution in [0.4, 0.5) is 0 Å². The first-order chi connectivity index (χ1) is 15.2. The lowest BCUT2D eigenvalue weighted by Gasteiger charge is -2.23. The largest absolute Gasteiger partial charge is 0.496 e. The van der Waals surface area contributed by atoms with Crippen molar-refractivity contribution >= 4 is 34.3 Å². The van der Waals surface area contributed by atoms with Crippen LogP contribution in [0.3, 0.4) is 0 Å². The van der Waals surface area contributed by atoms with E-state index in [-0.39, 0.29) is 11.8 Å². The Morgan fingerprint density at radius 3 is 2.42 bits per heavy atom. The molecule has 1 aliphatic heterocycles. The second-order valence-corrected chi connectivity index (χ2v) is 8.57. The Morgan fingerprint density at radius 2 is 1.58 bits per heavy atom. The summed E-state index contributed by atoms with van der Waals surface area (Å²) in [5.74, 6) is 1.05. The fraction of sp³-hybridized carbons (Fsp3) is 0.280. The van der Waals surface area contributed by atoms with Crippen molar-refractivity contribution in [2.75, 3.05) is 39.0 Å². The molecule has 0 aromatic heterocycles. The van der Waals surface area contributed by atoms with Crippen LogP contribution >= 0.6 is 11.8 Å². The van der Waals surface area contributed by atoms with Gasteiger partial charge in [0.05, 0.1) is 18.4 Å². The zero-order chi connectivity index (χ0) is 21.6. The van der Waals surface area contributed by atoms with Gasteiger partial charge >= 0.3 is 0 Å². The summed E-state index contributed by atoms with van der Waals surface area (Å²) in [7, 11) is 1.57. The molecule has 4 rings (SSSR count). The molecule has 0 N–H and O–H groups in total. The lowest BCUT2D eigenvalue weighted by molar-refractivity contribution is -0.128. The van der Waals surface area contributed by atoms with Gasteiger partial charge in [0, 0.05) is 31.1 Å². The number of hydrogen-bond donors (Lipinski definition) is 0. The molecule has 1 fully saturated rings. The van der Waals surface area contributed by atoms with Crippen molar-refractivity contribution in [1.29, 1.82) is 0 Å². The maximum absolute atomic E-state index is 13.0. The molecule has 160 valence electrons. The summed E-state index contributed by atoms with van der Waals surface area (Å²) in [6.07, 6.45) is 0.771. The van der Waals surface area contributed by atoms with E-state index in [1.54, 1.807) is 31.0 Å². The molecule has 6 heteroatoms. The minimum atomic E-state index is -0.0442. The zero-order valence-electron chi connectivity index (χ0n) is 17.6. The van der Waals surface area contributed by atoms with Crippen LogP contribution in [0.1, 0.15) is 16.8 Å². The Morgan fingerprint density at radius 1 is 0.871 bits per heavy atom. The summed E-state index contributed by atoms with van der Waals surface area (Å²) >= 11 is 1.56. The van der Waals surface area contributed by atoms with E-state index >= 15 is 0 Å². The Bertz CT molecular complexity index is 1090.